The third kappa shape index (κ3) is 4.24. The first-order valence-corrected chi connectivity index (χ1v) is 9.86. The lowest BCUT2D eigenvalue weighted by atomic mass is 9.96. The number of pyridine rings is 2. The van der Waals surface area contributed by atoms with Gasteiger partial charge in [-0.25, -0.2) is 15.0 Å². The molecule has 0 saturated heterocycles. The lowest BCUT2D eigenvalue weighted by Crippen LogP contribution is -2.19. The predicted octanol–water partition coefficient (Wildman–Crippen LogP) is 2.81. The molecule has 3 heterocycles. The summed E-state index contributed by atoms with van der Waals surface area (Å²) >= 11 is 0. The van der Waals surface area contributed by atoms with E-state index in [4.69, 9.17) is 10.7 Å². The van der Waals surface area contributed by atoms with Gasteiger partial charge in [-0.15, -0.1) is 0 Å². The number of aryl methyl sites for hydroxylation is 1. The summed E-state index contributed by atoms with van der Waals surface area (Å²) in [6, 6.07) is 12.9. The van der Waals surface area contributed by atoms with Crippen LogP contribution in [0.1, 0.15) is 25.0 Å². The van der Waals surface area contributed by atoms with Crippen molar-refractivity contribution < 1.29 is 5.11 Å². The molecule has 1 aromatic carbocycles. The molecule has 0 spiro atoms. The van der Waals surface area contributed by atoms with Crippen LogP contribution in [0.5, 0.6) is 0 Å². The van der Waals surface area contributed by atoms with E-state index in [9.17, 15) is 9.90 Å². The minimum Gasteiger partial charge on any atom is -0.386 e. The Morgan fingerprint density at radius 3 is 2.52 bits per heavy atom. The highest BCUT2D eigenvalue weighted by molar-refractivity contribution is 5.91. The minimum atomic E-state index is -0.928. The number of nitrogens with two attached hydrogens (primary N) is 1. The molecular formula is C23H24N6O2. The summed E-state index contributed by atoms with van der Waals surface area (Å²) in [7, 11) is 1.66. The van der Waals surface area contributed by atoms with Crippen molar-refractivity contribution >= 4 is 22.5 Å². The number of hydrogen-bond acceptors (Lipinski definition) is 7. The topological polar surface area (TPSA) is 119 Å². The lowest BCUT2D eigenvalue weighted by molar-refractivity contribution is 0.0786. The van der Waals surface area contributed by atoms with Crippen LogP contribution in [0.2, 0.25) is 0 Å². The first-order valence-electron chi connectivity index (χ1n) is 9.86. The highest BCUT2D eigenvalue weighted by Gasteiger charge is 2.17. The van der Waals surface area contributed by atoms with Gasteiger partial charge in [0.1, 0.15) is 17.0 Å². The maximum Gasteiger partial charge on any atom is 0.264 e. The summed E-state index contributed by atoms with van der Waals surface area (Å²) in [5.74, 6) is 0.895. The Balaban J connectivity index is 1.78. The van der Waals surface area contributed by atoms with Gasteiger partial charge >= 0.3 is 0 Å². The summed E-state index contributed by atoms with van der Waals surface area (Å²) in [5.41, 5.74) is 8.34. The van der Waals surface area contributed by atoms with E-state index in [0.29, 0.717) is 34.8 Å². The van der Waals surface area contributed by atoms with Crippen molar-refractivity contribution in [2.45, 2.75) is 26.0 Å². The average Bonchev–Trinajstić information content (AvgIpc) is 2.75. The van der Waals surface area contributed by atoms with E-state index in [-0.39, 0.29) is 5.56 Å². The molecule has 0 amide bonds. The van der Waals surface area contributed by atoms with Gasteiger partial charge in [0.05, 0.1) is 23.1 Å². The number of hydrogen-bond donors (Lipinski definition) is 3. The molecule has 4 N–H and O–H groups in total. The molecule has 8 heteroatoms. The molecule has 3 aromatic heterocycles. The summed E-state index contributed by atoms with van der Waals surface area (Å²) in [5, 5.41) is 13.9. The molecule has 0 atom stereocenters. The number of benzene rings is 1. The lowest BCUT2D eigenvalue weighted by Gasteiger charge is -2.18. The molecule has 31 heavy (non-hydrogen) atoms. The normalized spacial score (nSPS) is 11.6. The zero-order valence-corrected chi connectivity index (χ0v) is 17.6. The smallest absolute Gasteiger partial charge is 0.264 e. The van der Waals surface area contributed by atoms with Crippen molar-refractivity contribution in [2.75, 3.05) is 11.1 Å². The van der Waals surface area contributed by atoms with Crippen LogP contribution in [0, 0.1) is 0 Å². The molecule has 0 aliphatic carbocycles. The van der Waals surface area contributed by atoms with Crippen LogP contribution >= 0.6 is 0 Å². The maximum atomic E-state index is 12.8. The Morgan fingerprint density at radius 2 is 1.87 bits per heavy atom. The van der Waals surface area contributed by atoms with Gasteiger partial charge in [-0.2, -0.15) is 0 Å². The van der Waals surface area contributed by atoms with Crippen molar-refractivity contribution in [1.82, 2.24) is 19.5 Å². The number of aliphatic hydroxyl groups is 1. The van der Waals surface area contributed by atoms with Crippen LogP contribution in [0.25, 0.3) is 22.2 Å². The molecule has 4 aromatic rings. The third-order valence-electron chi connectivity index (χ3n) is 5.10. The van der Waals surface area contributed by atoms with Crippen molar-refractivity contribution in [1.29, 1.82) is 0 Å². The molecule has 0 fully saturated rings. The molecule has 158 valence electrons. The second-order valence-electron chi connectivity index (χ2n) is 7.99. The van der Waals surface area contributed by atoms with E-state index in [2.05, 4.69) is 15.3 Å². The van der Waals surface area contributed by atoms with Gasteiger partial charge in [-0.05, 0) is 37.1 Å². The van der Waals surface area contributed by atoms with Gasteiger partial charge in [0.15, 0.2) is 0 Å². The molecule has 0 unspecified atom stereocenters. The second-order valence-corrected chi connectivity index (χ2v) is 7.99. The quantitative estimate of drug-likeness (QED) is 0.458. The second kappa shape index (κ2) is 7.81. The Hall–Kier alpha value is -3.78. The zero-order valence-electron chi connectivity index (χ0n) is 17.6. The number of nitrogens with zero attached hydrogens (tertiary/aromatic N) is 4. The standard InChI is InChI=1S/C23H24N6O2/c1-23(2,31)16-7-5-15(6-8-16)17-10-18-20(22(30)29(3)13-27-18)21(28-17)26-12-14-4-9-19(24)25-11-14/h4-11,13,31H,12H2,1-3H3,(H2,24,25)(H,26,28). The van der Waals surface area contributed by atoms with Gasteiger partial charge in [0.25, 0.3) is 5.56 Å². The number of aromatic nitrogens is 4. The highest BCUT2D eigenvalue weighted by atomic mass is 16.3. The molecular weight excluding hydrogens is 392 g/mol. The number of anilines is 2. The van der Waals surface area contributed by atoms with E-state index in [1.165, 1.54) is 10.9 Å². The molecule has 4 rings (SSSR count). The Morgan fingerprint density at radius 1 is 1.13 bits per heavy atom. The Kier molecular flexibility index (Phi) is 5.16. The molecule has 0 bridgehead atoms. The van der Waals surface area contributed by atoms with Crippen molar-refractivity contribution in [3.63, 3.8) is 0 Å². The van der Waals surface area contributed by atoms with Crippen molar-refractivity contribution in [2.24, 2.45) is 7.05 Å². The van der Waals surface area contributed by atoms with E-state index >= 15 is 0 Å². The van der Waals surface area contributed by atoms with Crippen LogP contribution in [0.3, 0.4) is 0 Å². The fourth-order valence-corrected chi connectivity index (χ4v) is 3.27. The van der Waals surface area contributed by atoms with Gasteiger partial charge in [-0.1, -0.05) is 30.3 Å². The summed E-state index contributed by atoms with van der Waals surface area (Å²) in [6.45, 7) is 3.91. The molecule has 0 radical (unpaired) electrons. The van der Waals surface area contributed by atoms with Gasteiger partial charge in [-0.3, -0.25) is 4.79 Å². The fraction of sp³-hybridized carbons (Fsp3) is 0.217. The van der Waals surface area contributed by atoms with Crippen LogP contribution < -0.4 is 16.6 Å². The largest absolute Gasteiger partial charge is 0.386 e. The first-order chi connectivity index (χ1) is 14.7. The van der Waals surface area contributed by atoms with E-state index in [1.54, 1.807) is 39.2 Å². The SMILES string of the molecule is Cn1cnc2cc(-c3ccc(C(C)(C)O)cc3)nc(NCc3ccc(N)nc3)c2c1=O. The minimum absolute atomic E-state index is 0.181. The zero-order chi connectivity index (χ0) is 22.2. The van der Waals surface area contributed by atoms with Gasteiger partial charge in [0, 0.05) is 25.4 Å². The third-order valence-corrected chi connectivity index (χ3v) is 5.10. The average molecular weight is 416 g/mol. The van der Waals surface area contributed by atoms with Crippen LogP contribution in [-0.2, 0) is 19.2 Å². The summed E-state index contributed by atoms with van der Waals surface area (Å²) < 4.78 is 1.43. The maximum absolute atomic E-state index is 12.8. The predicted molar refractivity (Wildman–Crippen MR) is 121 cm³/mol. The number of fused-ring (bicyclic) bond motifs is 1. The van der Waals surface area contributed by atoms with Crippen molar-refractivity contribution in [3.8, 4) is 11.3 Å². The van der Waals surface area contributed by atoms with E-state index in [0.717, 1.165) is 16.7 Å². The van der Waals surface area contributed by atoms with Crippen LogP contribution in [0.4, 0.5) is 11.6 Å². The highest BCUT2D eigenvalue weighted by Crippen LogP contribution is 2.27. The van der Waals surface area contributed by atoms with E-state index < -0.39 is 5.60 Å². The molecule has 0 aliphatic heterocycles. The van der Waals surface area contributed by atoms with Gasteiger partial charge in [0.2, 0.25) is 0 Å². The number of nitrogen functional groups attached to an aromatic ring is 1. The van der Waals surface area contributed by atoms with Gasteiger partial charge < -0.3 is 20.7 Å². The number of rotatable bonds is 5. The van der Waals surface area contributed by atoms with Crippen molar-refractivity contribution in [3.05, 3.63) is 76.5 Å². The fourth-order valence-electron chi connectivity index (χ4n) is 3.27. The van der Waals surface area contributed by atoms with Crippen LogP contribution in [-0.4, -0.2) is 24.6 Å². The molecule has 0 saturated carbocycles. The Bertz CT molecular complexity index is 1290. The molecule has 8 nitrogen and oxygen atoms in total. The first kappa shape index (κ1) is 20.5. The monoisotopic (exact) mass is 416 g/mol. The molecule has 0 aliphatic rings. The number of nitrogens with one attached hydrogen (secondary N) is 1. The van der Waals surface area contributed by atoms with E-state index in [1.807, 2.05) is 30.3 Å². The Labute approximate surface area is 179 Å². The summed E-state index contributed by atoms with van der Waals surface area (Å²) in [6.07, 6.45) is 3.18. The van der Waals surface area contributed by atoms with Crippen LogP contribution in [0.15, 0.2) is 59.8 Å². The summed E-state index contributed by atoms with van der Waals surface area (Å²) in [4.78, 5) is 26.0.